The molecular formula is C20H17ClN6O2. The number of halogens is 1. The number of carbonyl (C=O) groups excluding carboxylic acids is 1. The van der Waals surface area contributed by atoms with Gasteiger partial charge in [0.25, 0.3) is 0 Å². The van der Waals surface area contributed by atoms with Crippen molar-refractivity contribution in [2.45, 2.75) is 6.92 Å². The van der Waals surface area contributed by atoms with Gasteiger partial charge in [-0.25, -0.2) is 14.5 Å². The quantitative estimate of drug-likeness (QED) is 0.515. The highest BCUT2D eigenvalue weighted by atomic mass is 35.5. The van der Waals surface area contributed by atoms with Gasteiger partial charge in [0.1, 0.15) is 5.75 Å². The number of anilines is 3. The standard InChI is InChI=1S/C20H17ClN6O2/c1-12(28)24-13-6-7-18(29-2)16(9-13)25-20-22-11-15(21)19(26-20)14-10-23-27-8-4-3-5-17(14)27/h3-11H,1-2H3,(H,24,28)(H,22,25,26). The van der Waals surface area contributed by atoms with Gasteiger partial charge in [-0.3, -0.25) is 4.79 Å². The molecule has 3 heterocycles. The van der Waals surface area contributed by atoms with E-state index in [1.165, 1.54) is 13.1 Å². The van der Waals surface area contributed by atoms with Crippen LogP contribution in [0.15, 0.2) is 55.0 Å². The van der Waals surface area contributed by atoms with Crippen LogP contribution in [-0.2, 0) is 4.79 Å². The van der Waals surface area contributed by atoms with Crippen molar-refractivity contribution < 1.29 is 9.53 Å². The Hall–Kier alpha value is -3.65. The van der Waals surface area contributed by atoms with E-state index in [1.807, 2.05) is 24.4 Å². The highest BCUT2D eigenvalue weighted by molar-refractivity contribution is 6.33. The summed E-state index contributed by atoms with van der Waals surface area (Å²) in [6.45, 7) is 1.45. The zero-order chi connectivity index (χ0) is 20.4. The van der Waals surface area contributed by atoms with Crippen molar-refractivity contribution in [1.29, 1.82) is 0 Å². The zero-order valence-electron chi connectivity index (χ0n) is 15.7. The fraction of sp³-hybridized carbons (Fsp3) is 0.100. The van der Waals surface area contributed by atoms with E-state index in [2.05, 4.69) is 25.7 Å². The van der Waals surface area contributed by atoms with Crippen molar-refractivity contribution in [3.8, 4) is 17.0 Å². The van der Waals surface area contributed by atoms with Crippen LogP contribution in [-0.4, -0.2) is 32.6 Å². The molecule has 0 unspecified atom stereocenters. The summed E-state index contributed by atoms with van der Waals surface area (Å²) >= 11 is 6.37. The SMILES string of the molecule is COc1ccc(NC(C)=O)cc1Nc1ncc(Cl)c(-c2cnn3ccccc23)n1. The maximum absolute atomic E-state index is 11.3. The first-order chi connectivity index (χ1) is 14.0. The molecule has 146 valence electrons. The molecule has 3 aromatic heterocycles. The molecule has 0 bridgehead atoms. The predicted octanol–water partition coefficient (Wildman–Crippen LogP) is 4.16. The smallest absolute Gasteiger partial charge is 0.227 e. The van der Waals surface area contributed by atoms with Gasteiger partial charge >= 0.3 is 0 Å². The average Bonchev–Trinajstić information content (AvgIpc) is 3.13. The second kappa shape index (κ2) is 7.76. The molecule has 0 radical (unpaired) electrons. The first-order valence-corrected chi connectivity index (χ1v) is 9.11. The van der Waals surface area contributed by atoms with Gasteiger partial charge in [0.2, 0.25) is 11.9 Å². The first-order valence-electron chi connectivity index (χ1n) is 8.73. The molecule has 0 aliphatic rings. The Kier molecular flexibility index (Phi) is 5.01. The largest absolute Gasteiger partial charge is 0.495 e. The number of amides is 1. The van der Waals surface area contributed by atoms with Crippen LogP contribution in [0, 0.1) is 0 Å². The van der Waals surface area contributed by atoms with E-state index in [9.17, 15) is 4.79 Å². The van der Waals surface area contributed by atoms with Crippen molar-refractivity contribution >= 4 is 40.3 Å². The Morgan fingerprint density at radius 1 is 1.21 bits per heavy atom. The van der Waals surface area contributed by atoms with E-state index in [4.69, 9.17) is 16.3 Å². The van der Waals surface area contributed by atoms with Crippen molar-refractivity contribution in [3.63, 3.8) is 0 Å². The minimum atomic E-state index is -0.167. The summed E-state index contributed by atoms with van der Waals surface area (Å²) in [5.74, 6) is 0.743. The predicted molar refractivity (Wildman–Crippen MR) is 112 cm³/mol. The lowest BCUT2D eigenvalue weighted by molar-refractivity contribution is -0.114. The Morgan fingerprint density at radius 2 is 2.07 bits per heavy atom. The number of pyridine rings is 1. The second-order valence-corrected chi connectivity index (χ2v) is 6.61. The topological polar surface area (TPSA) is 93.4 Å². The molecule has 0 fully saturated rings. The third-order valence-corrected chi connectivity index (χ3v) is 4.47. The molecule has 1 amide bonds. The normalized spacial score (nSPS) is 10.7. The average molecular weight is 409 g/mol. The number of fused-ring (bicyclic) bond motifs is 1. The number of benzene rings is 1. The summed E-state index contributed by atoms with van der Waals surface area (Å²) < 4.78 is 7.14. The second-order valence-electron chi connectivity index (χ2n) is 6.20. The summed E-state index contributed by atoms with van der Waals surface area (Å²) in [6, 6.07) is 11.0. The highest BCUT2D eigenvalue weighted by Gasteiger charge is 2.14. The minimum Gasteiger partial charge on any atom is -0.495 e. The molecule has 4 rings (SSSR count). The lowest BCUT2D eigenvalue weighted by atomic mass is 10.2. The van der Waals surface area contributed by atoms with Gasteiger partial charge in [-0.1, -0.05) is 17.7 Å². The summed E-state index contributed by atoms with van der Waals surface area (Å²) in [5.41, 5.74) is 3.45. The molecule has 0 atom stereocenters. The Morgan fingerprint density at radius 3 is 2.86 bits per heavy atom. The lowest BCUT2D eigenvalue weighted by Gasteiger charge is -2.13. The minimum absolute atomic E-state index is 0.167. The van der Waals surface area contributed by atoms with E-state index >= 15 is 0 Å². The number of nitrogens with zero attached hydrogens (tertiary/aromatic N) is 4. The Bertz CT molecular complexity index is 1210. The van der Waals surface area contributed by atoms with Gasteiger partial charge in [0.05, 0.1) is 41.4 Å². The monoisotopic (exact) mass is 408 g/mol. The third-order valence-electron chi connectivity index (χ3n) is 4.19. The highest BCUT2D eigenvalue weighted by Crippen LogP contribution is 2.33. The molecule has 9 heteroatoms. The number of ether oxygens (including phenoxy) is 1. The van der Waals surface area contributed by atoms with Crippen LogP contribution in [0.2, 0.25) is 5.02 Å². The molecule has 0 saturated carbocycles. The van der Waals surface area contributed by atoms with Gasteiger partial charge in [-0.15, -0.1) is 0 Å². The van der Waals surface area contributed by atoms with Crippen LogP contribution in [0.5, 0.6) is 5.75 Å². The van der Waals surface area contributed by atoms with E-state index < -0.39 is 0 Å². The third kappa shape index (κ3) is 3.83. The Labute approximate surface area is 171 Å². The fourth-order valence-electron chi connectivity index (χ4n) is 2.94. The van der Waals surface area contributed by atoms with Crippen LogP contribution in [0.1, 0.15) is 6.92 Å². The van der Waals surface area contributed by atoms with E-state index in [-0.39, 0.29) is 5.91 Å². The number of aromatic nitrogens is 4. The van der Waals surface area contributed by atoms with Crippen molar-refractivity contribution in [3.05, 3.63) is 60.0 Å². The van der Waals surface area contributed by atoms with Gasteiger partial charge in [-0.05, 0) is 30.3 Å². The fourth-order valence-corrected chi connectivity index (χ4v) is 3.13. The van der Waals surface area contributed by atoms with Gasteiger partial charge in [0, 0.05) is 24.4 Å². The summed E-state index contributed by atoms with van der Waals surface area (Å²) in [5, 5.41) is 10.6. The van der Waals surface area contributed by atoms with Crippen molar-refractivity contribution in [2.75, 3.05) is 17.7 Å². The maximum Gasteiger partial charge on any atom is 0.227 e. The molecule has 8 nitrogen and oxygen atoms in total. The van der Waals surface area contributed by atoms with Crippen LogP contribution >= 0.6 is 11.6 Å². The number of carbonyl (C=O) groups is 1. The molecule has 4 aromatic rings. The number of methoxy groups -OCH3 is 1. The number of nitrogens with one attached hydrogen (secondary N) is 2. The first kappa shape index (κ1) is 18.7. The van der Waals surface area contributed by atoms with Crippen molar-refractivity contribution in [2.24, 2.45) is 0 Å². The maximum atomic E-state index is 11.3. The van der Waals surface area contributed by atoms with Crippen LogP contribution < -0.4 is 15.4 Å². The molecule has 1 aromatic carbocycles. The molecule has 2 N–H and O–H groups in total. The van der Waals surface area contributed by atoms with Gasteiger partial charge < -0.3 is 15.4 Å². The number of hydrogen-bond acceptors (Lipinski definition) is 6. The summed E-state index contributed by atoms with van der Waals surface area (Å²) in [4.78, 5) is 20.2. The van der Waals surface area contributed by atoms with Crippen LogP contribution in [0.3, 0.4) is 0 Å². The summed E-state index contributed by atoms with van der Waals surface area (Å²) in [7, 11) is 1.56. The molecule has 0 aliphatic carbocycles. The zero-order valence-corrected chi connectivity index (χ0v) is 16.4. The van der Waals surface area contributed by atoms with Gasteiger partial charge in [-0.2, -0.15) is 5.10 Å². The van der Waals surface area contributed by atoms with E-state index in [1.54, 1.807) is 36.0 Å². The molecule has 0 saturated heterocycles. The lowest BCUT2D eigenvalue weighted by Crippen LogP contribution is -2.07. The van der Waals surface area contributed by atoms with Gasteiger partial charge in [0.15, 0.2) is 0 Å². The van der Waals surface area contributed by atoms with E-state index in [0.29, 0.717) is 33.8 Å². The molecule has 0 spiro atoms. The number of hydrogen-bond donors (Lipinski definition) is 2. The number of rotatable bonds is 5. The van der Waals surface area contributed by atoms with Crippen LogP contribution in [0.25, 0.3) is 16.8 Å². The molecule has 0 aliphatic heterocycles. The van der Waals surface area contributed by atoms with Crippen molar-refractivity contribution in [1.82, 2.24) is 19.6 Å². The van der Waals surface area contributed by atoms with E-state index in [0.717, 1.165) is 11.1 Å². The Balaban J connectivity index is 1.72. The molecular weight excluding hydrogens is 392 g/mol. The molecule has 29 heavy (non-hydrogen) atoms. The summed E-state index contributed by atoms with van der Waals surface area (Å²) in [6.07, 6.45) is 5.10. The van der Waals surface area contributed by atoms with Crippen LogP contribution in [0.4, 0.5) is 17.3 Å².